The molecule has 0 amide bonds. The molecule has 9 nitrogen and oxygen atoms in total. The Bertz CT molecular complexity index is 1290. The zero-order valence-electron chi connectivity index (χ0n) is 18.1. The molecule has 10 heteroatoms. The Labute approximate surface area is 189 Å². The fourth-order valence-corrected chi connectivity index (χ4v) is 3.83. The number of halogens is 1. The third kappa shape index (κ3) is 4.76. The van der Waals surface area contributed by atoms with Gasteiger partial charge in [-0.15, -0.1) is 5.10 Å². The maximum atomic E-state index is 13.1. The first-order valence-corrected chi connectivity index (χ1v) is 10.7. The van der Waals surface area contributed by atoms with Crippen molar-refractivity contribution < 1.29 is 13.3 Å². The second kappa shape index (κ2) is 9.08. The van der Waals surface area contributed by atoms with Gasteiger partial charge in [-0.05, 0) is 36.8 Å². The van der Waals surface area contributed by atoms with Crippen LogP contribution in [0.5, 0.6) is 0 Å². The van der Waals surface area contributed by atoms with Gasteiger partial charge in [0.2, 0.25) is 17.6 Å². The van der Waals surface area contributed by atoms with Crippen molar-refractivity contribution in [2.24, 2.45) is 0 Å². The first-order chi connectivity index (χ1) is 16.0. The van der Waals surface area contributed by atoms with Crippen molar-refractivity contribution in [3.05, 3.63) is 76.4 Å². The van der Waals surface area contributed by atoms with Crippen molar-refractivity contribution >= 4 is 0 Å². The van der Waals surface area contributed by atoms with E-state index in [4.69, 9.17) is 8.94 Å². The number of aryl methyl sites for hydroxylation is 1. The van der Waals surface area contributed by atoms with Gasteiger partial charge in [0, 0.05) is 37.3 Å². The number of rotatable bonds is 6. The van der Waals surface area contributed by atoms with Crippen LogP contribution in [0, 0.1) is 12.7 Å². The highest BCUT2D eigenvalue weighted by Crippen LogP contribution is 2.20. The summed E-state index contributed by atoms with van der Waals surface area (Å²) in [6, 6.07) is 13.6. The van der Waals surface area contributed by atoms with Gasteiger partial charge in [0.05, 0.1) is 6.54 Å². The standard InChI is InChI=1S/C23H23FN6O3/c1-16-4-2-3-5-19(16)21-25-20(33-27-21)14-28-10-12-29(13-11-28)15-30-23(31)32-22(26-30)17-6-8-18(24)9-7-17/h2-9H,10-15H2,1H3. The van der Waals surface area contributed by atoms with E-state index in [9.17, 15) is 9.18 Å². The zero-order valence-corrected chi connectivity index (χ0v) is 18.1. The summed E-state index contributed by atoms with van der Waals surface area (Å²) >= 11 is 0. The van der Waals surface area contributed by atoms with E-state index >= 15 is 0 Å². The summed E-state index contributed by atoms with van der Waals surface area (Å²) in [4.78, 5) is 21.1. The lowest BCUT2D eigenvalue weighted by Crippen LogP contribution is -2.47. The summed E-state index contributed by atoms with van der Waals surface area (Å²) in [5.41, 5.74) is 2.63. The minimum absolute atomic E-state index is 0.180. The van der Waals surface area contributed by atoms with Crippen molar-refractivity contribution in [2.75, 3.05) is 26.2 Å². The third-order valence-electron chi connectivity index (χ3n) is 5.71. The van der Waals surface area contributed by atoms with E-state index in [2.05, 4.69) is 25.0 Å². The molecule has 0 bridgehead atoms. The van der Waals surface area contributed by atoms with Crippen LogP contribution in [0.4, 0.5) is 4.39 Å². The Hall–Kier alpha value is -3.63. The smallest absolute Gasteiger partial charge is 0.388 e. The van der Waals surface area contributed by atoms with Crippen LogP contribution in [-0.2, 0) is 13.2 Å². The molecule has 4 aromatic rings. The fourth-order valence-electron chi connectivity index (χ4n) is 3.83. The first kappa shape index (κ1) is 21.2. The topological polar surface area (TPSA) is 93.4 Å². The normalized spacial score (nSPS) is 15.2. The van der Waals surface area contributed by atoms with E-state index in [0.29, 0.717) is 30.5 Å². The SMILES string of the molecule is Cc1ccccc1-c1noc(CN2CCN(Cn3nc(-c4ccc(F)cc4)oc3=O)CC2)n1. The molecule has 0 radical (unpaired) electrons. The highest BCUT2D eigenvalue weighted by molar-refractivity contribution is 5.58. The largest absolute Gasteiger partial charge is 0.438 e. The maximum absolute atomic E-state index is 13.1. The maximum Gasteiger partial charge on any atom is 0.438 e. The summed E-state index contributed by atoms with van der Waals surface area (Å²) in [6.07, 6.45) is 0. The first-order valence-electron chi connectivity index (χ1n) is 10.7. The molecule has 0 saturated carbocycles. The molecule has 1 saturated heterocycles. The molecule has 0 spiro atoms. The van der Waals surface area contributed by atoms with Gasteiger partial charge < -0.3 is 8.94 Å². The quantitative estimate of drug-likeness (QED) is 0.443. The molecule has 1 aliphatic heterocycles. The van der Waals surface area contributed by atoms with Crippen molar-refractivity contribution in [3.8, 4) is 22.8 Å². The lowest BCUT2D eigenvalue weighted by Gasteiger charge is -2.33. The molecule has 0 atom stereocenters. The molecule has 2 aromatic heterocycles. The second-order valence-electron chi connectivity index (χ2n) is 8.04. The molecule has 5 rings (SSSR count). The van der Waals surface area contributed by atoms with Crippen LogP contribution >= 0.6 is 0 Å². The minimum Gasteiger partial charge on any atom is -0.388 e. The van der Waals surface area contributed by atoms with E-state index in [1.54, 1.807) is 0 Å². The molecule has 0 aliphatic carbocycles. The summed E-state index contributed by atoms with van der Waals surface area (Å²) in [6.45, 7) is 6.01. The molecule has 3 heterocycles. The van der Waals surface area contributed by atoms with Crippen LogP contribution in [0.15, 0.2) is 62.3 Å². The summed E-state index contributed by atoms with van der Waals surface area (Å²) in [7, 11) is 0. The van der Waals surface area contributed by atoms with Crippen LogP contribution < -0.4 is 5.76 Å². The molecule has 0 unspecified atom stereocenters. The summed E-state index contributed by atoms with van der Waals surface area (Å²) < 4.78 is 25.1. The average molecular weight is 450 g/mol. The highest BCUT2D eigenvalue weighted by Gasteiger charge is 2.21. The number of hydrogen-bond acceptors (Lipinski definition) is 8. The van der Waals surface area contributed by atoms with Gasteiger partial charge in [-0.2, -0.15) is 9.67 Å². The molecule has 2 aromatic carbocycles. The van der Waals surface area contributed by atoms with Gasteiger partial charge in [0.15, 0.2) is 0 Å². The van der Waals surface area contributed by atoms with Gasteiger partial charge in [0.1, 0.15) is 12.5 Å². The minimum atomic E-state index is -0.536. The van der Waals surface area contributed by atoms with Crippen molar-refractivity contribution in [2.45, 2.75) is 20.1 Å². The Kier molecular flexibility index (Phi) is 5.84. The molecular weight excluding hydrogens is 427 g/mol. The van der Waals surface area contributed by atoms with Gasteiger partial charge in [-0.3, -0.25) is 9.80 Å². The summed E-state index contributed by atoms with van der Waals surface area (Å²) in [5.74, 6) is 0.471. The van der Waals surface area contributed by atoms with E-state index < -0.39 is 5.76 Å². The number of piperazine rings is 1. The Balaban J connectivity index is 1.17. The lowest BCUT2D eigenvalue weighted by atomic mass is 10.1. The predicted octanol–water partition coefficient (Wildman–Crippen LogP) is 2.78. The molecular formula is C23H23FN6O3. The molecule has 170 valence electrons. The van der Waals surface area contributed by atoms with E-state index in [1.807, 2.05) is 31.2 Å². The van der Waals surface area contributed by atoms with E-state index in [1.165, 1.54) is 28.9 Å². The molecule has 1 aliphatic rings. The number of hydrogen-bond donors (Lipinski definition) is 0. The van der Waals surface area contributed by atoms with E-state index in [-0.39, 0.29) is 11.7 Å². The Morgan fingerprint density at radius 1 is 1.00 bits per heavy atom. The average Bonchev–Trinajstić information content (AvgIpc) is 3.43. The Morgan fingerprint density at radius 3 is 2.48 bits per heavy atom. The monoisotopic (exact) mass is 450 g/mol. The number of nitrogens with zero attached hydrogens (tertiary/aromatic N) is 6. The van der Waals surface area contributed by atoms with Crippen LogP contribution in [0.1, 0.15) is 11.5 Å². The van der Waals surface area contributed by atoms with Gasteiger partial charge >= 0.3 is 5.76 Å². The third-order valence-corrected chi connectivity index (χ3v) is 5.71. The second-order valence-corrected chi connectivity index (χ2v) is 8.04. The van der Waals surface area contributed by atoms with Gasteiger partial charge in [-0.25, -0.2) is 9.18 Å². The van der Waals surface area contributed by atoms with Gasteiger partial charge in [-0.1, -0.05) is 29.4 Å². The van der Waals surface area contributed by atoms with Crippen molar-refractivity contribution in [3.63, 3.8) is 0 Å². The molecule has 1 fully saturated rings. The zero-order chi connectivity index (χ0) is 22.8. The number of aromatic nitrogens is 4. The lowest BCUT2D eigenvalue weighted by molar-refractivity contribution is 0.0893. The Morgan fingerprint density at radius 2 is 1.73 bits per heavy atom. The van der Waals surface area contributed by atoms with Crippen LogP contribution in [0.2, 0.25) is 0 Å². The highest BCUT2D eigenvalue weighted by atomic mass is 19.1. The van der Waals surface area contributed by atoms with E-state index in [0.717, 1.165) is 37.3 Å². The molecule has 33 heavy (non-hydrogen) atoms. The summed E-state index contributed by atoms with van der Waals surface area (Å²) in [5, 5.41) is 8.38. The molecule has 0 N–H and O–H groups in total. The number of benzene rings is 2. The fraction of sp³-hybridized carbons (Fsp3) is 0.304. The van der Waals surface area contributed by atoms with Crippen molar-refractivity contribution in [1.82, 2.24) is 29.7 Å². The predicted molar refractivity (Wildman–Crippen MR) is 117 cm³/mol. The van der Waals surface area contributed by atoms with Crippen molar-refractivity contribution in [1.29, 1.82) is 0 Å². The van der Waals surface area contributed by atoms with Crippen LogP contribution in [0.3, 0.4) is 0 Å². The van der Waals surface area contributed by atoms with Crippen LogP contribution in [0.25, 0.3) is 22.8 Å². The van der Waals surface area contributed by atoms with Crippen LogP contribution in [-0.4, -0.2) is 55.9 Å². The van der Waals surface area contributed by atoms with Gasteiger partial charge in [0.25, 0.3) is 0 Å².